The molecule has 0 fully saturated rings. The normalized spacial score (nSPS) is 13.2. The maximum absolute atomic E-state index is 2.62. The Labute approximate surface area is 268 Å². The van der Waals surface area contributed by atoms with Crippen molar-refractivity contribution in [2.75, 3.05) is 0 Å². The molecule has 4 heteroatoms. The van der Waals surface area contributed by atoms with Crippen molar-refractivity contribution in [1.82, 2.24) is 9.13 Å². The number of nitrogens with zero attached hydrogens (tertiary/aromatic N) is 2. The van der Waals surface area contributed by atoms with Gasteiger partial charge >= 0.3 is 0 Å². The molecule has 10 rings (SSSR count). The Morgan fingerprint density at radius 1 is 0.533 bits per heavy atom. The van der Waals surface area contributed by atoms with Crippen LogP contribution in [0.15, 0.2) is 115 Å². The van der Waals surface area contributed by atoms with E-state index >= 15 is 0 Å². The highest BCUT2D eigenvalue weighted by atomic mass is 32.1. The van der Waals surface area contributed by atoms with Gasteiger partial charge in [-0.1, -0.05) is 72.8 Å². The average Bonchev–Trinajstić information content (AvgIpc) is 3.80. The van der Waals surface area contributed by atoms with Crippen molar-refractivity contribution in [3.05, 3.63) is 121 Å². The summed E-state index contributed by atoms with van der Waals surface area (Å²) in [7, 11) is 0. The number of hydrogen-bond acceptors (Lipinski definition) is 2. The molecule has 6 aromatic carbocycles. The van der Waals surface area contributed by atoms with Crippen LogP contribution < -0.4 is 0 Å². The van der Waals surface area contributed by atoms with Crippen molar-refractivity contribution in [2.24, 2.45) is 0 Å². The molecule has 0 saturated carbocycles. The monoisotopic (exact) mass is 614 g/mol. The standard InChI is InChI=1S/C41H30N2S2/c1-3-42-32-16-8-5-14-28(32)39-25(21-38-40(41(39)42)29-15-7-11-19-36(29)45-38)20-24(2)43-33-17-9-4-12-26(33)30-22-31-27-13-6-10-18-35(27)44-37(31)23-34(30)43/h4-19,21-24H,3,20H2,1-2H3. The summed E-state index contributed by atoms with van der Waals surface area (Å²) in [4.78, 5) is 0. The van der Waals surface area contributed by atoms with Crippen molar-refractivity contribution in [1.29, 1.82) is 0 Å². The molecule has 0 aliphatic heterocycles. The van der Waals surface area contributed by atoms with E-state index in [1.54, 1.807) is 0 Å². The van der Waals surface area contributed by atoms with Gasteiger partial charge in [-0.3, -0.25) is 0 Å². The maximum atomic E-state index is 2.62. The lowest BCUT2D eigenvalue weighted by Crippen LogP contribution is -2.08. The van der Waals surface area contributed by atoms with Crippen LogP contribution in [0.4, 0.5) is 0 Å². The number of benzene rings is 6. The fourth-order valence-corrected chi connectivity index (χ4v) is 10.4. The van der Waals surface area contributed by atoms with Gasteiger partial charge in [-0.25, -0.2) is 0 Å². The van der Waals surface area contributed by atoms with E-state index in [4.69, 9.17) is 0 Å². The minimum Gasteiger partial charge on any atom is -0.340 e. The minimum absolute atomic E-state index is 0.262. The first-order valence-electron chi connectivity index (χ1n) is 15.9. The zero-order valence-electron chi connectivity index (χ0n) is 25.2. The molecule has 0 aliphatic rings. The maximum Gasteiger partial charge on any atom is 0.0588 e. The molecule has 216 valence electrons. The van der Waals surface area contributed by atoms with E-state index in [2.05, 4.69) is 138 Å². The van der Waals surface area contributed by atoms with Crippen LogP contribution in [0.2, 0.25) is 0 Å². The van der Waals surface area contributed by atoms with Crippen molar-refractivity contribution < 1.29 is 0 Å². The number of hydrogen-bond donors (Lipinski definition) is 0. The number of aryl methyl sites for hydroxylation is 1. The summed E-state index contributed by atoms with van der Waals surface area (Å²) >= 11 is 3.84. The Hall–Kier alpha value is -4.64. The SMILES string of the molecule is CCn1c2ccccc2c2c(CC(C)n3c4ccccc4c4cc5c(cc43)sc3ccccc35)cc3sc4ccccc4c3c21. The summed E-state index contributed by atoms with van der Waals surface area (Å²) in [5.74, 6) is 0. The smallest absolute Gasteiger partial charge is 0.0588 e. The molecule has 2 nitrogen and oxygen atoms in total. The number of rotatable bonds is 4. The van der Waals surface area contributed by atoms with E-state index in [1.165, 1.54) is 89.5 Å². The van der Waals surface area contributed by atoms with E-state index in [0.29, 0.717) is 0 Å². The number of fused-ring (bicyclic) bond motifs is 13. The Morgan fingerprint density at radius 3 is 1.98 bits per heavy atom. The second-order valence-electron chi connectivity index (χ2n) is 12.4. The van der Waals surface area contributed by atoms with Gasteiger partial charge in [0.25, 0.3) is 0 Å². The second kappa shape index (κ2) is 9.43. The minimum atomic E-state index is 0.262. The number of thiophene rings is 2. The molecule has 10 aromatic rings. The van der Waals surface area contributed by atoms with Gasteiger partial charge in [-0.15, -0.1) is 22.7 Å². The predicted molar refractivity (Wildman–Crippen MR) is 199 cm³/mol. The van der Waals surface area contributed by atoms with Crippen LogP contribution in [-0.2, 0) is 13.0 Å². The van der Waals surface area contributed by atoms with E-state index in [1.807, 2.05) is 22.7 Å². The molecule has 0 amide bonds. The Bertz CT molecular complexity index is 2800. The number of aromatic nitrogens is 2. The van der Waals surface area contributed by atoms with Gasteiger partial charge in [0.15, 0.2) is 0 Å². The lowest BCUT2D eigenvalue weighted by molar-refractivity contribution is 0.581. The summed E-state index contributed by atoms with van der Waals surface area (Å²) in [6, 6.07) is 43.5. The molecule has 4 heterocycles. The summed E-state index contributed by atoms with van der Waals surface area (Å²) < 4.78 is 10.6. The summed E-state index contributed by atoms with van der Waals surface area (Å²) in [5.41, 5.74) is 6.81. The Morgan fingerprint density at radius 2 is 1.18 bits per heavy atom. The lowest BCUT2D eigenvalue weighted by atomic mass is 9.97. The first-order chi connectivity index (χ1) is 22.2. The van der Waals surface area contributed by atoms with Gasteiger partial charge in [0.2, 0.25) is 0 Å². The average molecular weight is 615 g/mol. The lowest BCUT2D eigenvalue weighted by Gasteiger charge is -2.18. The van der Waals surface area contributed by atoms with E-state index in [9.17, 15) is 0 Å². The van der Waals surface area contributed by atoms with Gasteiger partial charge in [0.05, 0.1) is 11.0 Å². The summed E-state index contributed by atoms with van der Waals surface area (Å²) in [5, 5.41) is 11.0. The van der Waals surface area contributed by atoms with E-state index < -0.39 is 0 Å². The molecular weight excluding hydrogens is 585 g/mol. The fourth-order valence-electron chi connectivity index (χ4n) is 8.12. The topological polar surface area (TPSA) is 9.86 Å². The molecule has 1 atom stereocenters. The largest absolute Gasteiger partial charge is 0.340 e. The van der Waals surface area contributed by atoms with E-state index in [-0.39, 0.29) is 6.04 Å². The van der Waals surface area contributed by atoms with Crippen LogP contribution in [0.3, 0.4) is 0 Å². The molecule has 0 spiro atoms. The van der Waals surface area contributed by atoms with Crippen molar-refractivity contribution >= 4 is 107 Å². The van der Waals surface area contributed by atoms with Crippen molar-refractivity contribution in [3.63, 3.8) is 0 Å². The van der Waals surface area contributed by atoms with Crippen LogP contribution in [0.1, 0.15) is 25.5 Å². The van der Waals surface area contributed by atoms with Gasteiger partial charge in [0, 0.05) is 85.5 Å². The molecule has 0 radical (unpaired) electrons. The van der Waals surface area contributed by atoms with Crippen molar-refractivity contribution in [3.8, 4) is 0 Å². The Balaban J connectivity index is 1.25. The molecule has 45 heavy (non-hydrogen) atoms. The molecule has 0 bridgehead atoms. The highest BCUT2D eigenvalue weighted by molar-refractivity contribution is 7.26. The third-order valence-electron chi connectivity index (χ3n) is 9.94. The molecule has 0 N–H and O–H groups in total. The second-order valence-corrected chi connectivity index (χ2v) is 14.6. The molecule has 4 aromatic heterocycles. The Kier molecular flexibility index (Phi) is 5.38. The van der Waals surface area contributed by atoms with Crippen molar-refractivity contribution in [2.45, 2.75) is 32.9 Å². The van der Waals surface area contributed by atoms with Crippen LogP contribution >= 0.6 is 22.7 Å². The molecule has 0 aliphatic carbocycles. The number of para-hydroxylation sites is 2. The first kappa shape index (κ1) is 25.7. The first-order valence-corrected chi connectivity index (χ1v) is 17.5. The van der Waals surface area contributed by atoms with Gasteiger partial charge in [-0.2, -0.15) is 0 Å². The summed E-state index contributed by atoms with van der Waals surface area (Å²) in [6.07, 6.45) is 0.955. The fraction of sp³-hybridized carbons (Fsp3) is 0.122. The van der Waals surface area contributed by atoms with Crippen LogP contribution in [0, 0.1) is 0 Å². The van der Waals surface area contributed by atoms with Crippen LogP contribution in [0.25, 0.3) is 84.0 Å². The van der Waals surface area contributed by atoms with E-state index in [0.717, 1.165) is 13.0 Å². The van der Waals surface area contributed by atoms with Gasteiger partial charge in [0.1, 0.15) is 0 Å². The molecular formula is C41H30N2S2. The third kappa shape index (κ3) is 3.50. The van der Waals surface area contributed by atoms with Gasteiger partial charge in [-0.05, 0) is 68.3 Å². The van der Waals surface area contributed by atoms with Crippen LogP contribution in [-0.4, -0.2) is 9.13 Å². The zero-order valence-corrected chi connectivity index (χ0v) is 26.8. The predicted octanol–water partition coefficient (Wildman–Crippen LogP) is 12.5. The van der Waals surface area contributed by atoms with Gasteiger partial charge < -0.3 is 9.13 Å². The third-order valence-corrected chi connectivity index (χ3v) is 12.2. The van der Waals surface area contributed by atoms with Crippen LogP contribution in [0.5, 0.6) is 0 Å². The highest BCUT2D eigenvalue weighted by Crippen LogP contribution is 2.45. The quantitative estimate of drug-likeness (QED) is 0.187. The molecule has 1 unspecified atom stereocenters. The highest BCUT2D eigenvalue weighted by Gasteiger charge is 2.23. The zero-order chi connectivity index (χ0) is 29.8. The molecule has 0 saturated heterocycles. The summed E-state index contributed by atoms with van der Waals surface area (Å²) in [6.45, 7) is 5.65.